The van der Waals surface area contributed by atoms with Gasteiger partial charge < -0.3 is 10.5 Å². The number of nitrogens with two attached hydrogens (primary N) is 1. The molecule has 0 aliphatic carbocycles. The highest BCUT2D eigenvalue weighted by Crippen LogP contribution is 2.31. The Balaban J connectivity index is 2.24. The highest BCUT2D eigenvalue weighted by molar-refractivity contribution is 7.16. The first kappa shape index (κ1) is 10.8. The highest BCUT2D eigenvalue weighted by Gasteiger charge is 2.10. The van der Waals surface area contributed by atoms with Gasteiger partial charge >= 0.3 is 6.61 Å². The lowest BCUT2D eigenvalue weighted by atomic mass is 10.2. The molecule has 1 aromatic carbocycles. The monoisotopic (exact) mass is 242 g/mol. The van der Waals surface area contributed by atoms with Crippen LogP contribution in [0.3, 0.4) is 0 Å². The molecule has 0 saturated heterocycles. The van der Waals surface area contributed by atoms with Gasteiger partial charge in [-0.3, -0.25) is 0 Å². The molecule has 0 amide bonds. The van der Waals surface area contributed by atoms with Crippen molar-refractivity contribution < 1.29 is 13.5 Å². The van der Waals surface area contributed by atoms with Gasteiger partial charge in [0.15, 0.2) is 0 Å². The molecule has 0 aliphatic rings. The van der Waals surface area contributed by atoms with Crippen LogP contribution in [0, 0.1) is 0 Å². The molecule has 2 rings (SSSR count). The van der Waals surface area contributed by atoms with Crippen molar-refractivity contribution in [2.24, 2.45) is 0 Å². The first-order chi connectivity index (χ1) is 7.65. The Morgan fingerprint density at radius 2 is 2.19 bits per heavy atom. The minimum absolute atomic E-state index is 0.0487. The summed E-state index contributed by atoms with van der Waals surface area (Å²) in [5, 5.41) is -0.0487. The molecule has 0 fully saturated rings. The number of hydrogen-bond donors (Lipinski definition) is 1. The minimum atomic E-state index is -2.85. The molecule has 16 heavy (non-hydrogen) atoms. The van der Waals surface area contributed by atoms with E-state index in [1.165, 1.54) is 6.20 Å². The maximum atomic E-state index is 11.9. The van der Waals surface area contributed by atoms with Crippen molar-refractivity contribution >= 4 is 17.0 Å². The Morgan fingerprint density at radius 3 is 2.88 bits per heavy atom. The van der Waals surface area contributed by atoms with E-state index in [1.807, 2.05) is 6.07 Å². The van der Waals surface area contributed by atoms with Crippen LogP contribution < -0.4 is 10.5 Å². The second kappa shape index (κ2) is 4.44. The number of rotatable bonds is 3. The quantitative estimate of drug-likeness (QED) is 0.842. The third-order valence-electron chi connectivity index (χ3n) is 1.85. The van der Waals surface area contributed by atoms with Crippen molar-refractivity contribution in [3.05, 3.63) is 30.5 Å². The predicted octanol–water partition coefficient (Wildman–Crippen LogP) is 2.99. The SMILES string of the molecule is Nc1cccc(-c2cnc(OC(F)F)s2)c1. The van der Waals surface area contributed by atoms with Crippen LogP contribution >= 0.6 is 11.3 Å². The standard InChI is InChI=1S/C10H8F2N2OS/c11-9(12)15-10-14-5-8(16-10)6-2-1-3-7(13)4-6/h1-5,9H,13H2. The number of aromatic nitrogens is 1. The number of hydrogen-bond acceptors (Lipinski definition) is 4. The van der Waals surface area contributed by atoms with Crippen LogP contribution in [0.15, 0.2) is 30.5 Å². The summed E-state index contributed by atoms with van der Waals surface area (Å²) < 4.78 is 28.0. The summed E-state index contributed by atoms with van der Waals surface area (Å²) in [6.07, 6.45) is 1.48. The smallest absolute Gasteiger partial charge is 0.389 e. The van der Waals surface area contributed by atoms with Crippen LogP contribution in [0.1, 0.15) is 0 Å². The molecule has 0 atom stereocenters. The third-order valence-corrected chi connectivity index (χ3v) is 2.78. The van der Waals surface area contributed by atoms with Crippen molar-refractivity contribution in [2.75, 3.05) is 5.73 Å². The van der Waals surface area contributed by atoms with E-state index in [2.05, 4.69) is 9.72 Å². The molecule has 84 valence electrons. The third kappa shape index (κ3) is 2.46. The summed E-state index contributed by atoms with van der Waals surface area (Å²) in [6, 6.07) is 7.12. The molecule has 0 saturated carbocycles. The van der Waals surface area contributed by atoms with E-state index in [4.69, 9.17) is 5.73 Å². The van der Waals surface area contributed by atoms with Crippen molar-refractivity contribution in [1.29, 1.82) is 0 Å². The average Bonchev–Trinajstić information content (AvgIpc) is 2.65. The first-order valence-electron chi connectivity index (χ1n) is 4.42. The van der Waals surface area contributed by atoms with E-state index in [0.717, 1.165) is 21.8 Å². The van der Waals surface area contributed by atoms with Gasteiger partial charge in [-0.2, -0.15) is 8.78 Å². The van der Waals surface area contributed by atoms with Gasteiger partial charge in [0.05, 0.1) is 4.88 Å². The maximum Gasteiger partial charge on any atom is 0.389 e. The van der Waals surface area contributed by atoms with Crippen molar-refractivity contribution in [2.45, 2.75) is 6.61 Å². The van der Waals surface area contributed by atoms with E-state index in [-0.39, 0.29) is 5.19 Å². The number of alkyl halides is 2. The maximum absolute atomic E-state index is 11.9. The Labute approximate surface area is 94.5 Å². The second-order valence-electron chi connectivity index (χ2n) is 2.99. The highest BCUT2D eigenvalue weighted by atomic mass is 32.1. The molecular formula is C10H8F2N2OS. The largest absolute Gasteiger partial charge is 0.408 e. The lowest BCUT2D eigenvalue weighted by molar-refractivity contribution is -0.0499. The Morgan fingerprint density at radius 1 is 1.38 bits per heavy atom. The van der Waals surface area contributed by atoms with Crippen LogP contribution in [0.5, 0.6) is 5.19 Å². The van der Waals surface area contributed by atoms with Gasteiger partial charge in [0, 0.05) is 11.9 Å². The zero-order valence-electron chi connectivity index (χ0n) is 8.06. The van der Waals surface area contributed by atoms with Crippen molar-refractivity contribution in [3.8, 4) is 15.6 Å². The van der Waals surface area contributed by atoms with Crippen molar-refractivity contribution in [3.63, 3.8) is 0 Å². The Kier molecular flexibility index (Phi) is 3.00. The number of nitrogens with zero attached hydrogens (tertiary/aromatic N) is 1. The number of anilines is 1. The van der Waals surface area contributed by atoms with Crippen LogP contribution in [-0.4, -0.2) is 11.6 Å². The van der Waals surface area contributed by atoms with Gasteiger partial charge in [0.25, 0.3) is 5.19 Å². The van der Waals surface area contributed by atoms with Crippen molar-refractivity contribution in [1.82, 2.24) is 4.98 Å². The van der Waals surface area contributed by atoms with Crippen LogP contribution in [0.4, 0.5) is 14.5 Å². The van der Waals surface area contributed by atoms with Gasteiger partial charge in [-0.05, 0) is 17.7 Å². The fourth-order valence-electron chi connectivity index (χ4n) is 1.21. The molecule has 6 heteroatoms. The summed E-state index contributed by atoms with van der Waals surface area (Å²) in [6.45, 7) is -2.85. The van der Waals surface area contributed by atoms with Gasteiger partial charge in [-0.1, -0.05) is 23.5 Å². The van der Waals surface area contributed by atoms with E-state index in [1.54, 1.807) is 18.2 Å². The molecule has 2 aromatic rings. The summed E-state index contributed by atoms with van der Waals surface area (Å²) in [7, 11) is 0. The normalized spacial score (nSPS) is 10.7. The molecule has 0 spiro atoms. The van der Waals surface area contributed by atoms with Crippen LogP contribution in [-0.2, 0) is 0 Å². The topological polar surface area (TPSA) is 48.1 Å². The number of thiazole rings is 1. The minimum Gasteiger partial charge on any atom is -0.408 e. The fraction of sp³-hybridized carbons (Fsp3) is 0.100. The van der Waals surface area contributed by atoms with E-state index in [9.17, 15) is 8.78 Å². The number of halogens is 2. The fourth-order valence-corrected chi connectivity index (χ4v) is 1.98. The molecule has 1 aromatic heterocycles. The summed E-state index contributed by atoms with van der Waals surface area (Å²) in [5.41, 5.74) is 7.06. The van der Waals surface area contributed by atoms with Gasteiger partial charge in [0.1, 0.15) is 0 Å². The van der Waals surface area contributed by atoms with Gasteiger partial charge in [0.2, 0.25) is 0 Å². The number of nitrogen functional groups attached to an aromatic ring is 1. The summed E-state index contributed by atoms with van der Waals surface area (Å²) in [4.78, 5) is 4.48. The average molecular weight is 242 g/mol. The zero-order valence-corrected chi connectivity index (χ0v) is 8.88. The predicted molar refractivity (Wildman–Crippen MR) is 58.6 cm³/mol. The number of ether oxygens (including phenoxy) is 1. The molecule has 1 heterocycles. The van der Waals surface area contributed by atoms with E-state index >= 15 is 0 Å². The van der Waals surface area contributed by atoms with E-state index in [0.29, 0.717) is 5.69 Å². The van der Waals surface area contributed by atoms with Gasteiger partial charge in [-0.25, -0.2) is 4.98 Å². The molecular weight excluding hydrogens is 234 g/mol. The van der Waals surface area contributed by atoms with Gasteiger partial charge in [-0.15, -0.1) is 0 Å². The molecule has 0 radical (unpaired) electrons. The van der Waals surface area contributed by atoms with Crippen LogP contribution in [0.25, 0.3) is 10.4 Å². The molecule has 3 nitrogen and oxygen atoms in total. The lowest BCUT2D eigenvalue weighted by Crippen LogP contribution is -2.00. The summed E-state index contributed by atoms with van der Waals surface area (Å²) in [5.74, 6) is 0. The lowest BCUT2D eigenvalue weighted by Gasteiger charge is -1.98. The molecule has 0 aliphatic heterocycles. The zero-order chi connectivity index (χ0) is 11.5. The molecule has 0 bridgehead atoms. The second-order valence-corrected chi connectivity index (χ2v) is 3.99. The van der Waals surface area contributed by atoms with E-state index < -0.39 is 6.61 Å². The number of benzene rings is 1. The first-order valence-corrected chi connectivity index (χ1v) is 5.23. The Bertz CT molecular complexity index is 487. The molecule has 0 unspecified atom stereocenters. The molecule has 2 N–H and O–H groups in total. The summed E-state index contributed by atoms with van der Waals surface area (Å²) >= 11 is 1.05. The van der Waals surface area contributed by atoms with Crippen LogP contribution in [0.2, 0.25) is 0 Å². The Hall–Kier alpha value is -1.69.